The molecule has 2 N–H and O–H groups in total. The maximum absolute atomic E-state index is 5.88. The van der Waals surface area contributed by atoms with Crippen LogP contribution in [0.2, 0.25) is 0 Å². The van der Waals surface area contributed by atoms with Crippen LogP contribution in [0.25, 0.3) is 5.69 Å². The van der Waals surface area contributed by atoms with Crippen molar-refractivity contribution in [3.05, 3.63) is 32.3 Å². The third-order valence-corrected chi connectivity index (χ3v) is 3.86. The van der Waals surface area contributed by atoms with Crippen molar-refractivity contribution in [1.82, 2.24) is 15.0 Å². The summed E-state index contributed by atoms with van der Waals surface area (Å²) < 4.78 is 3.70. The van der Waals surface area contributed by atoms with Crippen molar-refractivity contribution in [3.63, 3.8) is 0 Å². The summed E-state index contributed by atoms with van der Waals surface area (Å²) in [6.07, 6.45) is 0. The zero-order valence-electron chi connectivity index (χ0n) is 10.4. The number of anilines is 1. The normalized spacial score (nSPS) is 11.2. The molecule has 96 valence electrons. The van der Waals surface area contributed by atoms with Crippen molar-refractivity contribution in [2.24, 2.45) is 0 Å². The summed E-state index contributed by atoms with van der Waals surface area (Å²) in [7, 11) is 0. The molecule has 1 aromatic heterocycles. The third kappa shape index (κ3) is 2.31. The Bertz CT molecular complexity index is 567. The molecule has 18 heavy (non-hydrogen) atoms. The summed E-state index contributed by atoms with van der Waals surface area (Å²) in [5, 5.41) is 8.11. The molecule has 0 fully saturated rings. The number of halogens is 2. The van der Waals surface area contributed by atoms with Gasteiger partial charge in [-0.25, -0.2) is 4.68 Å². The Hall–Kier alpha value is -0.880. The van der Waals surface area contributed by atoms with E-state index >= 15 is 0 Å². The second kappa shape index (κ2) is 5.01. The van der Waals surface area contributed by atoms with Crippen molar-refractivity contribution < 1.29 is 0 Å². The molecule has 0 saturated heterocycles. The van der Waals surface area contributed by atoms with Crippen molar-refractivity contribution >= 4 is 37.7 Å². The van der Waals surface area contributed by atoms with Gasteiger partial charge in [-0.15, -0.1) is 5.10 Å². The third-order valence-electron chi connectivity index (χ3n) is 2.65. The average Bonchev–Trinajstić information content (AvgIpc) is 2.58. The van der Waals surface area contributed by atoms with Crippen LogP contribution in [0.3, 0.4) is 0 Å². The van der Waals surface area contributed by atoms with Crippen LogP contribution in [0.4, 0.5) is 5.82 Å². The minimum Gasteiger partial charge on any atom is -0.381 e. The smallest absolute Gasteiger partial charge is 0.169 e. The highest BCUT2D eigenvalue weighted by Crippen LogP contribution is 2.33. The lowest BCUT2D eigenvalue weighted by molar-refractivity contribution is 0.712. The van der Waals surface area contributed by atoms with Gasteiger partial charge >= 0.3 is 0 Å². The molecule has 2 rings (SSSR count). The summed E-state index contributed by atoms with van der Waals surface area (Å²) in [6, 6.07) is 4.09. The van der Waals surface area contributed by atoms with Gasteiger partial charge in [0, 0.05) is 8.95 Å². The topological polar surface area (TPSA) is 56.7 Å². The van der Waals surface area contributed by atoms with E-state index in [0.717, 1.165) is 25.9 Å². The Morgan fingerprint density at radius 3 is 2.28 bits per heavy atom. The molecule has 0 saturated carbocycles. The van der Waals surface area contributed by atoms with Crippen LogP contribution in [0.15, 0.2) is 21.1 Å². The molecule has 0 spiro atoms. The van der Waals surface area contributed by atoms with E-state index in [1.54, 1.807) is 4.68 Å². The lowest BCUT2D eigenvalue weighted by atomic mass is 10.1. The molecule has 0 amide bonds. The highest BCUT2D eigenvalue weighted by atomic mass is 79.9. The van der Waals surface area contributed by atoms with Crippen molar-refractivity contribution in [2.45, 2.75) is 26.7 Å². The van der Waals surface area contributed by atoms with E-state index in [2.05, 4.69) is 56.0 Å². The van der Waals surface area contributed by atoms with Crippen LogP contribution in [-0.2, 0) is 0 Å². The zero-order valence-corrected chi connectivity index (χ0v) is 13.6. The van der Waals surface area contributed by atoms with Crippen LogP contribution in [0.5, 0.6) is 0 Å². The zero-order chi connectivity index (χ0) is 13.4. The molecular formula is C12H14Br2N4. The molecule has 2 aromatic rings. The monoisotopic (exact) mass is 372 g/mol. The van der Waals surface area contributed by atoms with E-state index in [9.17, 15) is 0 Å². The van der Waals surface area contributed by atoms with Gasteiger partial charge in [-0.2, -0.15) is 0 Å². The molecule has 0 aliphatic carbocycles. The second-order valence-corrected chi connectivity index (χ2v) is 6.21. The number of aromatic nitrogens is 3. The summed E-state index contributed by atoms with van der Waals surface area (Å²) in [6.45, 7) is 6.18. The number of benzene rings is 1. The SMILES string of the molecule is Cc1cc(Br)c(-n2nnc(N)c2C(C)C)c(Br)c1. The molecule has 0 atom stereocenters. The molecule has 1 aromatic carbocycles. The maximum atomic E-state index is 5.88. The van der Waals surface area contributed by atoms with E-state index in [0.29, 0.717) is 5.82 Å². The molecule has 1 heterocycles. The number of nitrogen functional groups attached to an aromatic ring is 1. The molecule has 0 aliphatic rings. The predicted molar refractivity (Wildman–Crippen MR) is 80.0 cm³/mol. The first-order valence-electron chi connectivity index (χ1n) is 5.59. The highest BCUT2D eigenvalue weighted by molar-refractivity contribution is 9.11. The Kier molecular flexibility index (Phi) is 3.77. The van der Waals surface area contributed by atoms with E-state index in [1.807, 2.05) is 19.1 Å². The van der Waals surface area contributed by atoms with Gasteiger partial charge in [0.1, 0.15) is 0 Å². The first kappa shape index (κ1) is 13.5. The quantitative estimate of drug-likeness (QED) is 0.870. The van der Waals surface area contributed by atoms with Crippen molar-refractivity contribution in [2.75, 3.05) is 5.73 Å². The van der Waals surface area contributed by atoms with E-state index in [4.69, 9.17) is 5.73 Å². The van der Waals surface area contributed by atoms with Crippen molar-refractivity contribution in [1.29, 1.82) is 0 Å². The second-order valence-electron chi connectivity index (χ2n) is 4.50. The van der Waals surface area contributed by atoms with Gasteiger partial charge in [0.05, 0.1) is 11.4 Å². The average molecular weight is 374 g/mol. The standard InChI is InChI=1S/C12H14Br2N4/c1-6(2)10-12(15)16-17-18(10)11-8(13)4-7(3)5-9(11)14/h4-6H,15H2,1-3H3. The first-order chi connectivity index (χ1) is 8.41. The summed E-state index contributed by atoms with van der Waals surface area (Å²) in [5.41, 5.74) is 8.89. The number of hydrogen-bond donors (Lipinski definition) is 1. The lowest BCUT2D eigenvalue weighted by Gasteiger charge is -2.13. The van der Waals surface area contributed by atoms with E-state index in [1.165, 1.54) is 0 Å². The van der Waals surface area contributed by atoms with Crippen molar-refractivity contribution in [3.8, 4) is 5.69 Å². The molecule has 4 nitrogen and oxygen atoms in total. The summed E-state index contributed by atoms with van der Waals surface area (Å²) in [4.78, 5) is 0. The molecule has 6 heteroatoms. The highest BCUT2D eigenvalue weighted by Gasteiger charge is 2.19. The van der Waals surface area contributed by atoms with Gasteiger partial charge in [-0.3, -0.25) is 0 Å². The number of aryl methyl sites for hydroxylation is 1. The van der Waals surface area contributed by atoms with E-state index in [-0.39, 0.29) is 5.92 Å². The van der Waals surface area contributed by atoms with Gasteiger partial charge in [0.2, 0.25) is 0 Å². The largest absolute Gasteiger partial charge is 0.381 e. The van der Waals surface area contributed by atoms with Gasteiger partial charge in [0.25, 0.3) is 0 Å². The Morgan fingerprint density at radius 2 is 1.78 bits per heavy atom. The fourth-order valence-corrected chi connectivity index (χ4v) is 3.65. The van der Waals surface area contributed by atoms with Gasteiger partial charge < -0.3 is 5.73 Å². The van der Waals surface area contributed by atoms with Crippen LogP contribution in [0, 0.1) is 6.92 Å². The molecule has 0 unspecified atom stereocenters. The van der Waals surface area contributed by atoms with Gasteiger partial charge in [-0.05, 0) is 62.4 Å². The molecule has 0 aliphatic heterocycles. The fraction of sp³-hybridized carbons (Fsp3) is 0.333. The predicted octanol–water partition coefficient (Wildman–Crippen LogP) is 3.81. The molecule has 0 bridgehead atoms. The lowest BCUT2D eigenvalue weighted by Crippen LogP contribution is -2.07. The Morgan fingerprint density at radius 1 is 1.22 bits per heavy atom. The number of nitrogens with zero attached hydrogens (tertiary/aromatic N) is 3. The Balaban J connectivity index is 2.70. The molecular weight excluding hydrogens is 360 g/mol. The van der Waals surface area contributed by atoms with Crippen LogP contribution >= 0.6 is 31.9 Å². The summed E-state index contributed by atoms with van der Waals surface area (Å²) in [5.74, 6) is 0.726. The van der Waals surface area contributed by atoms with Gasteiger partial charge in [-0.1, -0.05) is 19.1 Å². The number of hydrogen-bond acceptors (Lipinski definition) is 3. The van der Waals surface area contributed by atoms with Crippen LogP contribution < -0.4 is 5.73 Å². The summed E-state index contributed by atoms with van der Waals surface area (Å²) >= 11 is 7.14. The first-order valence-corrected chi connectivity index (χ1v) is 7.17. The minimum absolute atomic E-state index is 0.250. The van der Waals surface area contributed by atoms with E-state index < -0.39 is 0 Å². The number of rotatable bonds is 2. The van der Waals surface area contributed by atoms with Gasteiger partial charge in [0.15, 0.2) is 5.82 Å². The minimum atomic E-state index is 0.250. The van der Waals surface area contributed by atoms with Crippen LogP contribution in [0.1, 0.15) is 31.0 Å². The molecule has 0 radical (unpaired) electrons. The fourth-order valence-electron chi connectivity index (χ4n) is 1.90. The number of nitrogens with two attached hydrogens (primary N) is 1. The Labute approximate surface area is 123 Å². The maximum Gasteiger partial charge on any atom is 0.169 e. The van der Waals surface area contributed by atoms with Crippen LogP contribution in [-0.4, -0.2) is 15.0 Å².